The van der Waals surface area contributed by atoms with Crippen molar-refractivity contribution in [1.82, 2.24) is 60.9 Å². The highest BCUT2D eigenvalue weighted by Gasteiger charge is 2.13. The van der Waals surface area contributed by atoms with Crippen molar-refractivity contribution in [1.29, 1.82) is 0 Å². The average Bonchev–Trinajstić information content (AvgIpc) is 1.77. The Morgan fingerprint density at radius 2 is 0.769 bits per heavy atom. The van der Waals surface area contributed by atoms with E-state index in [-0.39, 0.29) is 0 Å². The number of hydrogen-bond donors (Lipinski definition) is 0. The number of pyridine rings is 3. The third kappa shape index (κ3) is 25.1. The second-order valence-electron chi connectivity index (χ2n) is 22.8. The summed E-state index contributed by atoms with van der Waals surface area (Å²) in [7, 11) is 0. The van der Waals surface area contributed by atoms with E-state index in [0.29, 0.717) is 0 Å². The number of allylic oxidation sites excluding steroid dienone is 2. The Bertz CT molecular complexity index is 4110. The Hall–Kier alpha value is -10.1. The van der Waals surface area contributed by atoms with E-state index in [1.807, 2.05) is 214 Å². The van der Waals surface area contributed by atoms with Gasteiger partial charge in [-0.3, -0.25) is 15.0 Å². The molecule has 0 saturated carbocycles. The predicted molar refractivity (Wildman–Crippen MR) is 454 cm³/mol. The van der Waals surface area contributed by atoms with Gasteiger partial charge in [-0.1, -0.05) is 129 Å². The molecule has 16 rings (SSSR count). The van der Waals surface area contributed by atoms with Gasteiger partial charge in [0, 0.05) is 126 Å². The van der Waals surface area contributed by atoms with Gasteiger partial charge in [-0.2, -0.15) is 5.10 Å². The van der Waals surface area contributed by atoms with Gasteiger partial charge >= 0.3 is 0 Å². The maximum absolute atomic E-state index is 4.32. The molecule has 15 heterocycles. The minimum Gasteiger partial charge on any atom is -0.323 e. The second kappa shape index (κ2) is 49.5. The van der Waals surface area contributed by atoms with Crippen molar-refractivity contribution in [2.45, 2.75) is 228 Å². The molecule has 0 radical (unpaired) electrons. The quantitative estimate of drug-likeness (QED) is 0.150. The van der Waals surface area contributed by atoms with E-state index in [1.54, 1.807) is 0 Å². The first-order valence-electron chi connectivity index (χ1n) is 37.9. The number of rotatable bonds is 0. The van der Waals surface area contributed by atoms with Crippen LogP contribution in [0.25, 0.3) is 44.2 Å². The summed E-state index contributed by atoms with van der Waals surface area (Å²) >= 11 is 0. The number of fused-ring (bicyclic) bond motifs is 8. The smallest absolute Gasteiger partial charge is 0.110 e. The van der Waals surface area contributed by atoms with Gasteiger partial charge in [0.1, 0.15) is 5.82 Å². The van der Waals surface area contributed by atoms with Crippen molar-refractivity contribution >= 4 is 44.2 Å². The summed E-state index contributed by atoms with van der Waals surface area (Å²) in [6, 6.07) is 37.8. The molecule has 560 valence electrons. The lowest BCUT2D eigenvalue weighted by Crippen LogP contribution is -1.94. The summed E-state index contributed by atoms with van der Waals surface area (Å²) in [5.74, 6) is 1.05. The van der Waals surface area contributed by atoms with Crippen LogP contribution in [0.3, 0.4) is 0 Å². The third-order valence-corrected chi connectivity index (χ3v) is 16.1. The highest BCUT2D eigenvalue weighted by atomic mass is 15.2. The first kappa shape index (κ1) is 91.9. The molecule has 0 N–H and O–H groups in total. The third-order valence-electron chi connectivity index (χ3n) is 16.1. The molecule has 0 aliphatic heterocycles. The molecule has 0 saturated heterocycles. The van der Waals surface area contributed by atoms with Gasteiger partial charge in [-0.05, 0) is 258 Å². The van der Waals surface area contributed by atoms with E-state index >= 15 is 0 Å². The fourth-order valence-corrected chi connectivity index (χ4v) is 11.8. The first-order valence-corrected chi connectivity index (χ1v) is 37.9. The van der Waals surface area contributed by atoms with Crippen LogP contribution in [-0.4, -0.2) is 60.9 Å². The Labute approximate surface area is 627 Å². The lowest BCUT2D eigenvalue weighted by Gasteiger charge is -2.03. The Morgan fingerprint density at radius 1 is 0.298 bits per heavy atom. The van der Waals surface area contributed by atoms with Gasteiger partial charge in [-0.25, -0.2) is 14.5 Å². The molecule has 0 bridgehead atoms. The summed E-state index contributed by atoms with van der Waals surface area (Å²) in [5, 5.41) is 4.18. The molecule has 13 heteroatoms. The van der Waals surface area contributed by atoms with Crippen LogP contribution in [0.15, 0.2) is 202 Å². The van der Waals surface area contributed by atoms with Crippen LogP contribution in [0.4, 0.5) is 0 Å². The molecule has 0 atom stereocenters. The van der Waals surface area contributed by atoms with E-state index in [4.69, 9.17) is 0 Å². The van der Waals surface area contributed by atoms with Crippen molar-refractivity contribution in [2.24, 2.45) is 0 Å². The molecule has 15 aromatic heterocycles. The van der Waals surface area contributed by atoms with E-state index in [2.05, 4.69) is 271 Å². The fraction of sp³-hybridized carbons (Fsp3) is 0.363. The predicted octanol–water partition coefficient (Wildman–Crippen LogP) is 25.4. The molecule has 0 aromatic carbocycles. The summed E-state index contributed by atoms with van der Waals surface area (Å²) in [6.45, 7) is 65.6. The standard InChI is InChI=1S/3C10H11N.5C9H10N2.8C2H6/c1-7-3-4-9-10(7)8(2)5-6-11-9;1-8-4-3-6-11-7-5-9(2)10(8)11;1-8-4-3-5-10-7-6-9(2)11(8)10;1-7-3-5-11-6-4-10-8(2)9(7)11;1-7-3-5-10-11-6-4-8(2)9(7)11;1-7-3-4-11-6-10-5-8(2)9(7)11;1-7-3-4-9-6-10-5-8(2)11(7)9;1-7-3-4-9-5-6-10-8(2)11(7)9;8*1-2/h3,5-6H,4H2,1-2H3;2*3-7H,1-2H3;5*3-6H,1-2H3;8*1-2H3. The van der Waals surface area contributed by atoms with Crippen LogP contribution < -0.4 is 0 Å². The minimum absolute atomic E-state index is 1.02. The average molecular weight is 1410 g/mol. The van der Waals surface area contributed by atoms with Crippen LogP contribution in [0.1, 0.15) is 213 Å². The van der Waals surface area contributed by atoms with Crippen LogP contribution in [0.2, 0.25) is 0 Å². The lowest BCUT2D eigenvalue weighted by atomic mass is 10.1. The number of aryl methyl sites for hydroxylation is 15. The summed E-state index contributed by atoms with van der Waals surface area (Å²) in [6.07, 6.45) is 30.3. The van der Waals surface area contributed by atoms with Gasteiger partial charge in [-0.15, -0.1) is 0 Å². The molecule has 0 amide bonds. The maximum Gasteiger partial charge on any atom is 0.110 e. The summed E-state index contributed by atoms with van der Waals surface area (Å²) < 4.78 is 14.8. The number of nitrogens with zero attached hydrogens (tertiary/aromatic N) is 13. The van der Waals surface area contributed by atoms with Crippen molar-refractivity contribution in [3.8, 4) is 0 Å². The number of aromatic nitrogens is 13. The molecule has 104 heavy (non-hydrogen) atoms. The normalized spacial score (nSPS) is 9.94. The lowest BCUT2D eigenvalue weighted by molar-refractivity contribution is 0.932. The van der Waals surface area contributed by atoms with Gasteiger partial charge in [0.25, 0.3) is 0 Å². The van der Waals surface area contributed by atoms with Crippen LogP contribution in [-0.2, 0) is 6.42 Å². The number of hydrogen-bond acceptors (Lipinski definition) is 6. The fourth-order valence-electron chi connectivity index (χ4n) is 11.8. The SMILES string of the molecule is CC.CC.CC.CC.CC.CC.CC.CC.CC1=CCc2nccc(C)c21.Cc1ccc2ccnc(C)n12.Cc1ccc2cncc(C)n12.Cc1cccc2ccc(C)n12.Cc1cccn2ccc(C)c12.Cc1ccn2ccnc(C)c12.Cc1ccn2cncc(C)c12.Cc1ccnn2ccc(C)c12. The van der Waals surface area contributed by atoms with Crippen molar-refractivity contribution in [3.63, 3.8) is 0 Å². The molecule has 0 spiro atoms. The zero-order valence-corrected chi connectivity index (χ0v) is 70.1. The maximum atomic E-state index is 4.32. The Morgan fingerprint density at radius 3 is 1.31 bits per heavy atom. The zero-order chi connectivity index (χ0) is 78.8. The van der Waals surface area contributed by atoms with E-state index in [9.17, 15) is 0 Å². The zero-order valence-electron chi connectivity index (χ0n) is 70.1. The molecule has 15 aromatic rings. The first-order chi connectivity index (χ1) is 50.3. The van der Waals surface area contributed by atoms with Crippen LogP contribution in [0.5, 0.6) is 0 Å². The molecule has 0 unspecified atom stereocenters. The molecule has 13 nitrogen and oxygen atoms in total. The van der Waals surface area contributed by atoms with Crippen LogP contribution >= 0.6 is 0 Å². The Balaban J connectivity index is 0.000000578. The highest BCUT2D eigenvalue weighted by Crippen LogP contribution is 2.28. The molecule has 0 fully saturated rings. The molecular formula is C91H131N13. The largest absolute Gasteiger partial charge is 0.323 e. The highest BCUT2D eigenvalue weighted by molar-refractivity contribution is 5.72. The van der Waals surface area contributed by atoms with Gasteiger partial charge in [0.15, 0.2) is 0 Å². The van der Waals surface area contributed by atoms with Crippen molar-refractivity contribution in [3.05, 3.63) is 298 Å². The van der Waals surface area contributed by atoms with Gasteiger partial charge in [0.05, 0.1) is 51.5 Å². The summed E-state index contributed by atoms with van der Waals surface area (Å²) in [5.41, 5.74) is 30.6. The molecular weight excluding hydrogens is 1280 g/mol. The van der Waals surface area contributed by atoms with Crippen LogP contribution in [0, 0.1) is 104 Å². The van der Waals surface area contributed by atoms with Crippen molar-refractivity contribution < 1.29 is 0 Å². The second-order valence-corrected chi connectivity index (χ2v) is 22.8. The topological polar surface area (TPSA) is 108 Å². The Kier molecular flexibility index (Phi) is 43.7. The van der Waals surface area contributed by atoms with E-state index < -0.39 is 0 Å². The summed E-state index contributed by atoms with van der Waals surface area (Å²) in [4.78, 5) is 20.9. The molecule has 1 aliphatic carbocycles. The van der Waals surface area contributed by atoms with Gasteiger partial charge < -0.3 is 26.4 Å². The van der Waals surface area contributed by atoms with E-state index in [0.717, 1.165) is 17.9 Å². The van der Waals surface area contributed by atoms with Gasteiger partial charge in [0.2, 0.25) is 0 Å². The van der Waals surface area contributed by atoms with E-state index in [1.165, 1.54) is 128 Å². The minimum atomic E-state index is 1.02. The molecule has 1 aliphatic rings. The van der Waals surface area contributed by atoms with Crippen molar-refractivity contribution in [2.75, 3.05) is 0 Å². The monoisotopic (exact) mass is 1410 g/mol.